The Bertz CT molecular complexity index is 567. The van der Waals surface area contributed by atoms with E-state index in [0.717, 1.165) is 0 Å². The molecule has 0 bridgehead atoms. The zero-order chi connectivity index (χ0) is 16.5. The lowest BCUT2D eigenvalue weighted by Gasteiger charge is -2.25. The van der Waals surface area contributed by atoms with Gasteiger partial charge >= 0.3 is 0 Å². The lowest BCUT2D eigenvalue weighted by molar-refractivity contribution is 0.505. The normalized spacial score (nSPS) is 9.91. The molecule has 0 heterocycles. The van der Waals surface area contributed by atoms with Gasteiger partial charge in [-0.1, -0.05) is 54.6 Å². The second kappa shape index (κ2) is 8.76. The monoisotopic (exact) mass is 304 g/mol. The Morgan fingerprint density at radius 2 is 0.652 bits per heavy atom. The van der Waals surface area contributed by atoms with Crippen LogP contribution in [-0.2, 0) is 0 Å². The van der Waals surface area contributed by atoms with Crippen LogP contribution >= 0.6 is 0 Å². The number of hydrogen-bond acceptors (Lipinski definition) is 2. The topological polar surface area (TPSA) is 6.48 Å². The molecule has 0 aliphatic rings. The molecule has 0 aromatic heterocycles. The van der Waals surface area contributed by atoms with E-state index in [4.69, 9.17) is 0 Å². The van der Waals surface area contributed by atoms with Crippen LogP contribution in [0.5, 0.6) is 0 Å². The molecule has 0 aliphatic heterocycles. The molecule has 3 aromatic rings. The molecule has 2 nitrogen and oxygen atoms in total. The number of nitrogens with zero attached hydrogens (tertiary/aromatic N) is 2. The van der Waals surface area contributed by atoms with Gasteiger partial charge in [-0.3, -0.25) is 0 Å². The van der Waals surface area contributed by atoms with Crippen molar-refractivity contribution in [2.24, 2.45) is 0 Å². The minimum atomic E-state index is 1.17. The molecule has 23 heavy (non-hydrogen) atoms. The molecule has 0 spiro atoms. The smallest absolute Gasteiger partial charge is 0.0461 e. The highest BCUT2D eigenvalue weighted by atomic mass is 15.1. The molecule has 0 amide bonds. The number of anilines is 3. The lowest BCUT2D eigenvalue weighted by atomic mass is 10.2. The first-order valence-electron chi connectivity index (χ1n) is 7.74. The van der Waals surface area contributed by atoms with Crippen LogP contribution in [0, 0.1) is 0 Å². The summed E-state index contributed by atoms with van der Waals surface area (Å²) in [5, 5.41) is 0. The van der Waals surface area contributed by atoms with Gasteiger partial charge in [-0.25, -0.2) is 0 Å². The van der Waals surface area contributed by atoms with Crippen molar-refractivity contribution in [3.05, 3.63) is 91.0 Å². The maximum atomic E-state index is 2.25. The van der Waals surface area contributed by atoms with E-state index in [0.29, 0.717) is 0 Å². The maximum absolute atomic E-state index is 2.25. The molecular weight excluding hydrogens is 280 g/mol. The van der Waals surface area contributed by atoms with Crippen molar-refractivity contribution in [1.82, 2.24) is 4.90 Å². The van der Waals surface area contributed by atoms with Crippen LogP contribution in [0.15, 0.2) is 91.0 Å². The van der Waals surface area contributed by atoms with E-state index in [1.807, 2.05) is 44.2 Å². The van der Waals surface area contributed by atoms with Crippen molar-refractivity contribution >= 4 is 17.1 Å². The summed E-state index contributed by atoms with van der Waals surface area (Å²) in [6, 6.07) is 31.3. The predicted molar refractivity (Wildman–Crippen MR) is 101 cm³/mol. The Hall–Kier alpha value is -2.58. The minimum absolute atomic E-state index is 1.17. The van der Waals surface area contributed by atoms with Crippen LogP contribution in [-0.4, -0.2) is 26.0 Å². The molecular formula is C21H24N2. The van der Waals surface area contributed by atoms with Crippen molar-refractivity contribution in [2.45, 2.75) is 0 Å². The average Bonchev–Trinajstić information content (AvgIpc) is 2.58. The molecule has 0 saturated heterocycles. The summed E-state index contributed by atoms with van der Waals surface area (Å²) in [7, 11) is 6.00. The fourth-order valence-corrected chi connectivity index (χ4v) is 2.18. The van der Waals surface area contributed by atoms with E-state index in [9.17, 15) is 0 Å². The van der Waals surface area contributed by atoms with Gasteiger partial charge in [-0.15, -0.1) is 0 Å². The summed E-state index contributed by atoms with van der Waals surface area (Å²) in [5.41, 5.74) is 3.50. The summed E-state index contributed by atoms with van der Waals surface area (Å²) in [5.74, 6) is 0. The highest BCUT2D eigenvalue weighted by Crippen LogP contribution is 2.33. The highest BCUT2D eigenvalue weighted by Gasteiger charge is 2.10. The van der Waals surface area contributed by atoms with E-state index in [1.54, 1.807) is 0 Å². The summed E-state index contributed by atoms with van der Waals surface area (Å²) >= 11 is 0. The number of para-hydroxylation sites is 3. The Balaban J connectivity index is 0.000000433. The molecule has 3 aromatic carbocycles. The van der Waals surface area contributed by atoms with Gasteiger partial charge in [-0.2, -0.15) is 0 Å². The molecule has 3 rings (SSSR count). The van der Waals surface area contributed by atoms with E-state index >= 15 is 0 Å². The molecule has 0 radical (unpaired) electrons. The average molecular weight is 304 g/mol. The largest absolute Gasteiger partial charge is 0.312 e. The Morgan fingerprint density at radius 3 is 0.870 bits per heavy atom. The van der Waals surface area contributed by atoms with E-state index < -0.39 is 0 Å². The van der Waals surface area contributed by atoms with Gasteiger partial charge in [0.2, 0.25) is 0 Å². The van der Waals surface area contributed by atoms with E-state index in [2.05, 4.69) is 77.7 Å². The summed E-state index contributed by atoms with van der Waals surface area (Å²) in [6.45, 7) is 0. The zero-order valence-corrected chi connectivity index (χ0v) is 14.1. The van der Waals surface area contributed by atoms with Gasteiger partial charge in [0.1, 0.15) is 0 Å². The summed E-state index contributed by atoms with van der Waals surface area (Å²) in [6.07, 6.45) is 0. The number of benzene rings is 3. The van der Waals surface area contributed by atoms with Crippen LogP contribution in [0.2, 0.25) is 0 Å². The van der Waals surface area contributed by atoms with Gasteiger partial charge < -0.3 is 9.80 Å². The van der Waals surface area contributed by atoms with Crippen LogP contribution in [0.3, 0.4) is 0 Å². The van der Waals surface area contributed by atoms with Gasteiger partial charge in [0.25, 0.3) is 0 Å². The van der Waals surface area contributed by atoms with Crippen molar-refractivity contribution in [1.29, 1.82) is 0 Å². The molecule has 2 heteroatoms. The number of rotatable bonds is 3. The third kappa shape index (κ3) is 5.28. The first-order chi connectivity index (χ1) is 11.2. The SMILES string of the molecule is CN(C)C.c1ccc(N(c2ccccc2)c2ccccc2)cc1. The molecule has 0 aliphatic carbocycles. The molecule has 0 fully saturated rings. The summed E-state index contributed by atoms with van der Waals surface area (Å²) in [4.78, 5) is 4.25. The molecule has 0 saturated carbocycles. The van der Waals surface area contributed by atoms with Crippen LogP contribution in [0.1, 0.15) is 0 Å². The third-order valence-corrected chi connectivity index (χ3v) is 3.04. The zero-order valence-electron chi connectivity index (χ0n) is 14.1. The van der Waals surface area contributed by atoms with Crippen LogP contribution in [0.25, 0.3) is 0 Å². The quantitative estimate of drug-likeness (QED) is 0.645. The fraction of sp³-hybridized carbons (Fsp3) is 0.143. The number of hydrogen-bond donors (Lipinski definition) is 0. The lowest BCUT2D eigenvalue weighted by Crippen LogP contribution is -2.09. The fourth-order valence-electron chi connectivity index (χ4n) is 2.18. The van der Waals surface area contributed by atoms with Gasteiger partial charge in [-0.05, 0) is 57.5 Å². The molecule has 0 atom stereocenters. The van der Waals surface area contributed by atoms with Crippen LogP contribution < -0.4 is 4.90 Å². The standard InChI is InChI=1S/C18H15N.C3H9N/c1-4-10-16(11-5-1)19(17-12-6-2-7-13-17)18-14-8-3-9-15-18;1-4(2)3/h1-15H;1-3H3. The van der Waals surface area contributed by atoms with Crippen LogP contribution in [0.4, 0.5) is 17.1 Å². The molecule has 0 unspecified atom stereocenters. The van der Waals surface area contributed by atoms with E-state index in [-0.39, 0.29) is 0 Å². The Labute approximate surface area is 139 Å². The maximum Gasteiger partial charge on any atom is 0.0461 e. The first-order valence-corrected chi connectivity index (χ1v) is 7.74. The Kier molecular flexibility index (Phi) is 6.40. The van der Waals surface area contributed by atoms with Crippen molar-refractivity contribution < 1.29 is 0 Å². The third-order valence-electron chi connectivity index (χ3n) is 3.04. The second-order valence-corrected chi connectivity index (χ2v) is 5.68. The van der Waals surface area contributed by atoms with Crippen molar-refractivity contribution in [2.75, 3.05) is 26.0 Å². The van der Waals surface area contributed by atoms with Crippen molar-refractivity contribution in [3.8, 4) is 0 Å². The predicted octanol–water partition coefficient (Wildman–Crippen LogP) is 5.33. The van der Waals surface area contributed by atoms with Gasteiger partial charge in [0.05, 0.1) is 0 Å². The Morgan fingerprint density at radius 1 is 0.435 bits per heavy atom. The summed E-state index contributed by atoms with van der Waals surface area (Å²) < 4.78 is 0. The highest BCUT2D eigenvalue weighted by molar-refractivity contribution is 5.76. The van der Waals surface area contributed by atoms with Gasteiger partial charge in [0, 0.05) is 17.1 Å². The molecule has 0 N–H and O–H groups in total. The van der Waals surface area contributed by atoms with Crippen molar-refractivity contribution in [3.63, 3.8) is 0 Å². The van der Waals surface area contributed by atoms with Gasteiger partial charge in [0.15, 0.2) is 0 Å². The van der Waals surface area contributed by atoms with E-state index in [1.165, 1.54) is 17.1 Å². The molecule has 118 valence electrons. The first kappa shape index (κ1) is 16.8. The second-order valence-electron chi connectivity index (χ2n) is 5.68. The minimum Gasteiger partial charge on any atom is -0.312 e.